The van der Waals surface area contributed by atoms with Crippen LogP contribution >= 0.6 is 0 Å². The average Bonchev–Trinajstić information content (AvgIpc) is 2.73. The molecule has 3 aromatic carbocycles. The minimum absolute atomic E-state index is 0. The van der Waals surface area contributed by atoms with Crippen molar-refractivity contribution in [2.24, 2.45) is 0 Å². The Morgan fingerprint density at radius 3 is 1.81 bits per heavy atom. The van der Waals surface area contributed by atoms with Crippen molar-refractivity contribution in [3.8, 4) is 17.2 Å². The molecular formula is C29H42N2Y. The topological polar surface area (TPSA) is 35.8 Å². The summed E-state index contributed by atoms with van der Waals surface area (Å²) >= 11 is 0. The van der Waals surface area contributed by atoms with E-state index < -0.39 is 0 Å². The Bertz CT molecular complexity index is 879. The molecule has 0 fully saturated rings. The third kappa shape index (κ3) is 12.3. The van der Waals surface area contributed by atoms with Gasteiger partial charge in [-0.3, -0.25) is 0 Å². The molecule has 0 aliphatic heterocycles. The molecule has 1 radical (unpaired) electrons. The fraction of sp³-hybridized carbons (Fsp3) is 0.345. The zero-order chi connectivity index (χ0) is 20.4. The van der Waals surface area contributed by atoms with Crippen LogP contribution in [-0.2, 0) is 39.3 Å². The van der Waals surface area contributed by atoms with E-state index in [4.69, 9.17) is 5.26 Å². The van der Waals surface area contributed by atoms with E-state index in [9.17, 15) is 0 Å². The summed E-state index contributed by atoms with van der Waals surface area (Å²) < 4.78 is 0. The summed E-state index contributed by atoms with van der Waals surface area (Å²) in [5.41, 5.74) is 5.85. The zero-order valence-corrected chi connectivity index (χ0v) is 20.7. The molecule has 0 spiro atoms. The quantitative estimate of drug-likeness (QED) is 0.376. The molecule has 2 nitrogen and oxygen atoms in total. The van der Waals surface area contributed by atoms with Gasteiger partial charge >= 0.3 is 0 Å². The Morgan fingerprint density at radius 1 is 0.750 bits per heavy atom. The van der Waals surface area contributed by atoms with Crippen molar-refractivity contribution in [2.45, 2.75) is 68.5 Å². The molecule has 1 N–H and O–H groups in total. The molecule has 0 aliphatic carbocycles. The second-order valence-electron chi connectivity index (χ2n) is 7.49. The number of nitrogens with one attached hydrogen (secondary N) is 1. The summed E-state index contributed by atoms with van der Waals surface area (Å²) in [7, 11) is 0. The van der Waals surface area contributed by atoms with Crippen molar-refractivity contribution in [1.29, 1.82) is 5.26 Å². The van der Waals surface area contributed by atoms with Crippen LogP contribution in [0.4, 0.5) is 0 Å². The van der Waals surface area contributed by atoms with Crippen molar-refractivity contribution in [3.63, 3.8) is 0 Å². The first-order valence-electron chi connectivity index (χ1n) is 9.87. The number of hydrogen-bond acceptors (Lipinski definition) is 2. The van der Waals surface area contributed by atoms with Crippen LogP contribution < -0.4 is 5.32 Å². The molecule has 171 valence electrons. The third-order valence-corrected chi connectivity index (χ3v) is 4.46. The van der Waals surface area contributed by atoms with E-state index in [1.807, 2.05) is 30.3 Å². The maximum absolute atomic E-state index is 8.59. The standard InChI is InChI=1S/C16H19N.C10H11N.3CH4.Y/c1-13(2)17-12-14-8-10-16(11-9-14)15-6-4-3-5-7-15;1-8(2)10-5-3-4-9(6-10)7-11;;;;/h3-11,13,17H,12H2,1-2H3;3-6,8H,1-2H3;3*1H4;. The summed E-state index contributed by atoms with van der Waals surface area (Å²) in [5, 5.41) is 12.0. The van der Waals surface area contributed by atoms with E-state index in [1.54, 1.807) is 0 Å². The Balaban J connectivity index is -0.000000500. The molecule has 32 heavy (non-hydrogen) atoms. The normalized spacial score (nSPS) is 9.03. The molecule has 0 aromatic heterocycles. The van der Waals surface area contributed by atoms with E-state index in [0.717, 1.165) is 12.1 Å². The number of nitrogens with zero attached hydrogens (tertiary/aromatic N) is 1. The molecular weight excluding hydrogens is 465 g/mol. The fourth-order valence-electron chi connectivity index (χ4n) is 2.73. The molecule has 0 saturated carbocycles. The minimum atomic E-state index is 0. The number of rotatable bonds is 5. The molecule has 0 aliphatic rings. The molecule has 3 aromatic rings. The molecule has 0 atom stereocenters. The van der Waals surface area contributed by atoms with Crippen LogP contribution in [0.5, 0.6) is 0 Å². The maximum atomic E-state index is 8.59. The van der Waals surface area contributed by atoms with Crippen LogP contribution in [0.25, 0.3) is 11.1 Å². The van der Waals surface area contributed by atoms with Crippen LogP contribution in [-0.4, -0.2) is 6.04 Å². The van der Waals surface area contributed by atoms with Gasteiger partial charge in [-0.25, -0.2) is 0 Å². The Labute approximate surface area is 223 Å². The van der Waals surface area contributed by atoms with E-state index >= 15 is 0 Å². The minimum Gasteiger partial charge on any atom is -0.310 e. The number of benzene rings is 3. The van der Waals surface area contributed by atoms with E-state index in [0.29, 0.717) is 12.0 Å². The first-order valence-corrected chi connectivity index (χ1v) is 9.87. The summed E-state index contributed by atoms with van der Waals surface area (Å²) in [5.74, 6) is 0.503. The maximum Gasteiger partial charge on any atom is 0.0991 e. The molecule has 3 rings (SSSR count). The molecule has 0 amide bonds. The average molecular weight is 508 g/mol. The Hall–Kier alpha value is -1.79. The smallest absolute Gasteiger partial charge is 0.0991 e. The zero-order valence-electron chi connectivity index (χ0n) is 17.9. The Kier molecular flexibility index (Phi) is 20.4. The van der Waals surface area contributed by atoms with Crippen molar-refractivity contribution in [1.82, 2.24) is 5.32 Å². The molecule has 0 saturated heterocycles. The van der Waals surface area contributed by atoms with E-state index in [1.165, 1.54) is 22.3 Å². The van der Waals surface area contributed by atoms with Crippen LogP contribution in [0.15, 0.2) is 78.9 Å². The van der Waals surface area contributed by atoms with Gasteiger partial charge in [0.2, 0.25) is 0 Å². The largest absolute Gasteiger partial charge is 0.310 e. The second-order valence-corrected chi connectivity index (χ2v) is 7.49. The first kappa shape index (κ1) is 34.8. The van der Waals surface area contributed by atoms with Gasteiger partial charge in [0.15, 0.2) is 0 Å². The van der Waals surface area contributed by atoms with Crippen molar-refractivity contribution >= 4 is 0 Å². The molecule has 0 heterocycles. The van der Waals surface area contributed by atoms with Gasteiger partial charge in [-0.2, -0.15) is 5.26 Å². The van der Waals surface area contributed by atoms with Gasteiger partial charge in [0.25, 0.3) is 0 Å². The van der Waals surface area contributed by atoms with Gasteiger partial charge in [0, 0.05) is 45.3 Å². The monoisotopic (exact) mass is 507 g/mol. The molecule has 0 unspecified atom stereocenters. The SMILES string of the molecule is C.C.C.CC(C)NCc1ccc(-c2ccccc2)cc1.CC(C)c1cccc(C#N)c1.[Y]. The van der Waals surface area contributed by atoms with E-state index in [2.05, 4.69) is 87.6 Å². The van der Waals surface area contributed by atoms with Crippen molar-refractivity contribution < 1.29 is 32.7 Å². The molecule has 0 bridgehead atoms. The third-order valence-electron chi connectivity index (χ3n) is 4.46. The Morgan fingerprint density at radius 2 is 1.31 bits per heavy atom. The summed E-state index contributed by atoms with van der Waals surface area (Å²) in [6.07, 6.45) is 0. The van der Waals surface area contributed by atoms with Gasteiger partial charge < -0.3 is 5.32 Å². The van der Waals surface area contributed by atoms with E-state index in [-0.39, 0.29) is 55.0 Å². The van der Waals surface area contributed by atoms with Gasteiger partial charge in [-0.05, 0) is 40.3 Å². The predicted molar refractivity (Wildman–Crippen MR) is 139 cm³/mol. The summed E-state index contributed by atoms with van der Waals surface area (Å²) in [6, 6.07) is 29.6. The van der Waals surface area contributed by atoms with Crippen molar-refractivity contribution in [2.75, 3.05) is 0 Å². The van der Waals surface area contributed by atoms with Crippen LogP contribution in [0.3, 0.4) is 0 Å². The van der Waals surface area contributed by atoms with Crippen molar-refractivity contribution in [3.05, 3.63) is 95.6 Å². The van der Waals surface area contributed by atoms with Crippen LogP contribution in [0.2, 0.25) is 0 Å². The predicted octanol–water partition coefficient (Wildman–Crippen LogP) is 8.44. The van der Waals surface area contributed by atoms with Gasteiger partial charge in [0.05, 0.1) is 11.6 Å². The van der Waals surface area contributed by atoms with Crippen LogP contribution in [0, 0.1) is 11.3 Å². The van der Waals surface area contributed by atoms with Gasteiger partial charge in [0.1, 0.15) is 0 Å². The summed E-state index contributed by atoms with van der Waals surface area (Å²) in [6.45, 7) is 9.51. The molecule has 3 heteroatoms. The van der Waals surface area contributed by atoms with Gasteiger partial charge in [-0.1, -0.05) is 117 Å². The first-order chi connectivity index (χ1) is 13.5. The number of nitriles is 1. The van der Waals surface area contributed by atoms with Crippen LogP contribution in [0.1, 0.15) is 72.6 Å². The number of hydrogen-bond donors (Lipinski definition) is 1. The fourth-order valence-corrected chi connectivity index (χ4v) is 2.73. The summed E-state index contributed by atoms with van der Waals surface area (Å²) in [4.78, 5) is 0. The van der Waals surface area contributed by atoms with Gasteiger partial charge in [-0.15, -0.1) is 0 Å². The second kappa shape index (κ2) is 18.8.